The van der Waals surface area contributed by atoms with Crippen LogP contribution in [0, 0.1) is 5.41 Å². The lowest BCUT2D eigenvalue weighted by Crippen LogP contribution is -2.40. The van der Waals surface area contributed by atoms with Crippen LogP contribution < -0.4 is 10.4 Å². The average Bonchev–Trinajstić information content (AvgIpc) is 2.85. The Hall–Kier alpha value is -1.34. The molecule has 0 spiro atoms. The van der Waals surface area contributed by atoms with Gasteiger partial charge in [-0.25, -0.2) is 0 Å². The first kappa shape index (κ1) is 28.7. The van der Waals surface area contributed by atoms with Crippen LogP contribution in [0.15, 0.2) is 29.8 Å². The van der Waals surface area contributed by atoms with E-state index < -0.39 is 0 Å². The van der Waals surface area contributed by atoms with E-state index in [1.165, 1.54) is 92.6 Å². The standard InChI is InChI=1S/C27H41N.2C2H6/c1-5-23(6-2)20-24-13-14-25(19-22(24)3)26(21-28-17-11-8-12-18-28)27(4)15-9-7-10-16-27;2*1-2/h5,13-14,19-20,26H,3,6-12,15-18,21H2,1-2,4H3;2*1-2H3/b23-5-,24-20-;;. The van der Waals surface area contributed by atoms with Gasteiger partial charge in [-0.3, -0.25) is 0 Å². The van der Waals surface area contributed by atoms with Crippen LogP contribution in [0.2, 0.25) is 0 Å². The van der Waals surface area contributed by atoms with Gasteiger partial charge >= 0.3 is 0 Å². The van der Waals surface area contributed by atoms with Crippen molar-refractivity contribution in [1.82, 2.24) is 4.90 Å². The van der Waals surface area contributed by atoms with Gasteiger partial charge in [-0.05, 0) is 73.5 Å². The molecule has 0 bridgehead atoms. The Morgan fingerprint density at radius 3 is 2.12 bits per heavy atom. The van der Waals surface area contributed by atoms with Gasteiger partial charge in [0, 0.05) is 12.5 Å². The van der Waals surface area contributed by atoms with Crippen molar-refractivity contribution in [3.8, 4) is 0 Å². The number of hydrogen-bond acceptors (Lipinski definition) is 1. The lowest BCUT2D eigenvalue weighted by molar-refractivity contribution is 0.116. The molecule has 1 heteroatoms. The third kappa shape index (κ3) is 8.22. The molecule has 1 heterocycles. The van der Waals surface area contributed by atoms with Crippen molar-refractivity contribution in [2.24, 2.45) is 5.41 Å². The van der Waals surface area contributed by atoms with E-state index in [1.54, 1.807) is 0 Å². The molecule has 0 N–H and O–H groups in total. The predicted molar refractivity (Wildman–Crippen MR) is 147 cm³/mol. The van der Waals surface area contributed by atoms with E-state index in [1.807, 2.05) is 27.7 Å². The van der Waals surface area contributed by atoms with Crippen LogP contribution in [0.4, 0.5) is 0 Å². The van der Waals surface area contributed by atoms with E-state index in [9.17, 15) is 0 Å². The summed E-state index contributed by atoms with van der Waals surface area (Å²) in [6.45, 7) is 23.2. The summed E-state index contributed by atoms with van der Waals surface area (Å²) in [5, 5.41) is 2.47. The Morgan fingerprint density at radius 2 is 1.59 bits per heavy atom. The molecule has 1 nitrogen and oxygen atoms in total. The number of likely N-dealkylation sites (tertiary alicyclic amines) is 1. The maximum Gasteiger partial charge on any atom is 0.00555 e. The van der Waals surface area contributed by atoms with Crippen LogP contribution >= 0.6 is 0 Å². The summed E-state index contributed by atoms with van der Waals surface area (Å²) in [4.78, 5) is 2.74. The van der Waals surface area contributed by atoms with E-state index in [0.29, 0.717) is 11.3 Å². The van der Waals surface area contributed by atoms with Gasteiger partial charge in [0.15, 0.2) is 0 Å². The highest BCUT2D eigenvalue weighted by Crippen LogP contribution is 2.47. The molecule has 0 aromatic heterocycles. The molecule has 182 valence electrons. The Kier molecular flexibility index (Phi) is 13.9. The van der Waals surface area contributed by atoms with Crippen LogP contribution in [0.5, 0.6) is 0 Å². The molecule has 1 aliphatic heterocycles. The highest BCUT2D eigenvalue weighted by atomic mass is 15.1. The minimum Gasteiger partial charge on any atom is -0.303 e. The summed E-state index contributed by atoms with van der Waals surface area (Å²) < 4.78 is 0. The summed E-state index contributed by atoms with van der Waals surface area (Å²) in [5.74, 6) is 0.632. The van der Waals surface area contributed by atoms with Gasteiger partial charge in [-0.2, -0.15) is 0 Å². The first-order valence-electron chi connectivity index (χ1n) is 13.7. The number of nitrogens with zero attached hydrogens (tertiary/aromatic N) is 1. The molecule has 1 unspecified atom stereocenters. The molecular formula is C31H53N. The average molecular weight is 440 g/mol. The fourth-order valence-corrected chi connectivity index (χ4v) is 5.41. The summed E-state index contributed by atoms with van der Waals surface area (Å²) in [5.41, 5.74) is 3.35. The van der Waals surface area contributed by atoms with Crippen LogP contribution in [-0.2, 0) is 0 Å². The van der Waals surface area contributed by atoms with E-state index >= 15 is 0 Å². The number of rotatable bonds is 6. The molecule has 1 aliphatic carbocycles. The quantitative estimate of drug-likeness (QED) is 0.436. The maximum atomic E-state index is 4.43. The molecule has 1 saturated carbocycles. The van der Waals surface area contributed by atoms with Crippen LogP contribution in [0.1, 0.15) is 118 Å². The Balaban J connectivity index is 0.00000121. The molecule has 1 aromatic rings. The van der Waals surface area contributed by atoms with E-state index in [-0.39, 0.29) is 0 Å². The zero-order chi connectivity index (χ0) is 24.0. The summed E-state index contributed by atoms with van der Waals surface area (Å²) >= 11 is 0. The number of hydrogen-bond donors (Lipinski definition) is 0. The summed E-state index contributed by atoms with van der Waals surface area (Å²) in [7, 11) is 0. The Labute approximate surface area is 200 Å². The lowest BCUT2D eigenvalue weighted by atomic mass is 9.64. The predicted octanol–water partition coefficient (Wildman–Crippen LogP) is 7.83. The van der Waals surface area contributed by atoms with Crippen molar-refractivity contribution in [3.05, 3.63) is 45.8 Å². The van der Waals surface area contributed by atoms with Crippen LogP contribution in [0.25, 0.3) is 12.7 Å². The van der Waals surface area contributed by atoms with Gasteiger partial charge in [0.2, 0.25) is 0 Å². The highest BCUT2D eigenvalue weighted by molar-refractivity contribution is 5.47. The third-order valence-electron chi connectivity index (χ3n) is 7.42. The van der Waals surface area contributed by atoms with Gasteiger partial charge in [0.05, 0.1) is 0 Å². The molecule has 1 aromatic carbocycles. The van der Waals surface area contributed by atoms with E-state index in [4.69, 9.17) is 0 Å². The molecule has 2 fully saturated rings. The molecule has 3 rings (SSSR count). The van der Waals surface area contributed by atoms with Crippen LogP contribution in [-0.4, -0.2) is 24.5 Å². The molecular weight excluding hydrogens is 386 g/mol. The zero-order valence-corrected chi connectivity index (χ0v) is 22.6. The van der Waals surface area contributed by atoms with Crippen molar-refractivity contribution in [1.29, 1.82) is 0 Å². The highest BCUT2D eigenvalue weighted by Gasteiger charge is 2.37. The smallest absolute Gasteiger partial charge is 0.00555 e. The van der Waals surface area contributed by atoms with Gasteiger partial charge in [0.25, 0.3) is 0 Å². The lowest BCUT2D eigenvalue weighted by Gasteiger charge is -2.44. The normalized spacial score (nSPS) is 20.5. The topological polar surface area (TPSA) is 3.24 Å². The number of piperidine rings is 1. The first-order chi connectivity index (χ1) is 15.6. The van der Waals surface area contributed by atoms with Gasteiger partial charge in [0.1, 0.15) is 0 Å². The third-order valence-corrected chi connectivity index (χ3v) is 7.42. The van der Waals surface area contributed by atoms with Crippen molar-refractivity contribution in [2.75, 3.05) is 19.6 Å². The largest absolute Gasteiger partial charge is 0.303 e. The number of allylic oxidation sites excluding steroid dienone is 2. The van der Waals surface area contributed by atoms with Gasteiger partial charge in [-0.15, -0.1) is 0 Å². The minimum absolute atomic E-state index is 0.436. The van der Waals surface area contributed by atoms with Crippen molar-refractivity contribution in [2.45, 2.75) is 112 Å². The number of benzene rings is 1. The summed E-state index contributed by atoms with van der Waals surface area (Å²) in [6, 6.07) is 7.15. The molecule has 0 radical (unpaired) electrons. The first-order valence-corrected chi connectivity index (χ1v) is 13.7. The zero-order valence-electron chi connectivity index (χ0n) is 22.6. The second kappa shape index (κ2) is 15.5. The molecule has 32 heavy (non-hydrogen) atoms. The molecule has 1 atom stereocenters. The van der Waals surface area contributed by atoms with Crippen molar-refractivity contribution < 1.29 is 0 Å². The van der Waals surface area contributed by atoms with Crippen molar-refractivity contribution in [3.63, 3.8) is 0 Å². The van der Waals surface area contributed by atoms with E-state index in [2.05, 4.69) is 62.6 Å². The fraction of sp³-hybridized carbons (Fsp3) is 0.677. The van der Waals surface area contributed by atoms with Crippen LogP contribution in [0.3, 0.4) is 0 Å². The summed E-state index contributed by atoms with van der Waals surface area (Å²) in [6.07, 6.45) is 16.8. The second-order valence-electron chi connectivity index (χ2n) is 9.45. The molecule has 2 aliphatic rings. The monoisotopic (exact) mass is 439 g/mol. The Bertz CT molecular complexity index is 760. The van der Waals surface area contributed by atoms with Gasteiger partial charge < -0.3 is 4.90 Å². The maximum absolute atomic E-state index is 4.43. The van der Waals surface area contributed by atoms with E-state index in [0.717, 1.165) is 6.42 Å². The SMILES string of the molecule is C=c1cc(C(CN2CCCCC2)C2(C)CCCCC2)cc/c1=C/C(=C\C)CC.CC.CC. The van der Waals surface area contributed by atoms with Gasteiger partial charge in [-0.1, -0.05) is 110 Å². The molecule has 0 amide bonds. The molecule has 1 saturated heterocycles. The fourth-order valence-electron chi connectivity index (χ4n) is 5.41. The Morgan fingerprint density at radius 1 is 1.00 bits per heavy atom. The minimum atomic E-state index is 0.436. The van der Waals surface area contributed by atoms with Crippen molar-refractivity contribution >= 4 is 12.7 Å². The second-order valence-corrected chi connectivity index (χ2v) is 9.45.